The fourth-order valence-corrected chi connectivity index (χ4v) is 0.642. The van der Waals surface area contributed by atoms with Crippen LogP contribution in [0.5, 0.6) is 0 Å². The summed E-state index contributed by atoms with van der Waals surface area (Å²) in [6.07, 6.45) is -1.78. The summed E-state index contributed by atoms with van der Waals surface area (Å²) in [6.45, 7) is 0. The summed E-state index contributed by atoms with van der Waals surface area (Å²) >= 11 is 0. The summed E-state index contributed by atoms with van der Waals surface area (Å²) in [5, 5.41) is 72.6. The Hall–Kier alpha value is -0.235. The molecule has 0 saturated heterocycles. The van der Waals surface area contributed by atoms with Crippen LogP contribution in [0.25, 0.3) is 0 Å². The van der Waals surface area contributed by atoms with E-state index in [1.807, 2.05) is 0 Å². The SMILES string of the molecule is O=C(O)CCC(=O)O.O=C(O)CCC(=O)O.O=C(O)CCC(=O)O.[Na+].[Na+].[Na+].[O-]B([O-])[O-]. The fraction of sp³-hybridized carbons (Fsp3) is 0.500. The van der Waals surface area contributed by atoms with Gasteiger partial charge in [-0.3, -0.25) is 36.1 Å². The fourth-order valence-electron chi connectivity index (χ4n) is 0.642. The minimum absolute atomic E-state index is 0. The second-order valence-electron chi connectivity index (χ2n) is 4.15. The summed E-state index contributed by atoms with van der Waals surface area (Å²) in [5.41, 5.74) is 0. The molecule has 0 bridgehead atoms. The smallest absolute Gasteiger partial charge is 0.907 e. The molecule has 0 fully saturated rings. The monoisotopic (exact) mass is 482 g/mol. The molecule has 0 aliphatic carbocycles. The second kappa shape index (κ2) is 34.4. The largest absolute Gasteiger partial charge is 1.00 e. The van der Waals surface area contributed by atoms with Crippen molar-refractivity contribution in [3.05, 3.63) is 0 Å². The molecule has 0 aromatic carbocycles. The third kappa shape index (κ3) is 105. The number of aliphatic carboxylic acids is 6. The molecule has 19 heteroatoms. The Kier molecular flexibility index (Phi) is 53.5. The Balaban J connectivity index is -0.0000000492. The van der Waals surface area contributed by atoms with Crippen LogP contribution in [-0.4, -0.2) is 73.8 Å². The van der Waals surface area contributed by atoms with Crippen molar-refractivity contribution < 1.29 is 163 Å². The molecule has 0 saturated carbocycles. The molecule has 0 amide bonds. The van der Waals surface area contributed by atoms with Gasteiger partial charge in [-0.2, -0.15) is 0 Å². The van der Waals surface area contributed by atoms with Crippen LogP contribution in [0.4, 0.5) is 0 Å². The number of carboxylic acids is 6. The van der Waals surface area contributed by atoms with Crippen molar-refractivity contribution in [3.63, 3.8) is 0 Å². The van der Waals surface area contributed by atoms with E-state index in [1.165, 1.54) is 0 Å². The van der Waals surface area contributed by atoms with Crippen molar-refractivity contribution in [2.24, 2.45) is 0 Å². The minimum Gasteiger partial charge on any atom is -0.907 e. The normalized spacial score (nSPS) is 7.45. The van der Waals surface area contributed by atoms with Crippen molar-refractivity contribution in [1.82, 2.24) is 0 Å². The molecule has 0 rings (SSSR count). The van der Waals surface area contributed by atoms with Crippen LogP contribution >= 0.6 is 0 Å². The van der Waals surface area contributed by atoms with Crippen molar-refractivity contribution >= 4 is 43.1 Å². The van der Waals surface area contributed by atoms with Crippen molar-refractivity contribution in [1.29, 1.82) is 0 Å². The van der Waals surface area contributed by atoms with Crippen LogP contribution < -0.4 is 104 Å². The maximum Gasteiger partial charge on any atom is 1.00 e. The van der Waals surface area contributed by atoms with Gasteiger partial charge < -0.3 is 45.7 Å². The second-order valence-corrected chi connectivity index (χ2v) is 4.15. The number of hydrogen-bond acceptors (Lipinski definition) is 9. The van der Waals surface area contributed by atoms with Gasteiger partial charge in [0.25, 0.3) is 0 Å². The molecule has 0 aliphatic heterocycles. The molecule has 0 heterocycles. The van der Waals surface area contributed by atoms with Gasteiger partial charge in [-0.1, -0.05) is 0 Å². The molecule has 6 N–H and O–H groups in total. The zero-order valence-electron chi connectivity index (χ0n) is 17.2. The average Bonchev–Trinajstić information content (AvgIpc) is 2.49. The quantitative estimate of drug-likeness (QED) is 0.166. The van der Waals surface area contributed by atoms with E-state index < -0.39 is 43.1 Å². The Bertz CT molecular complexity index is 404. The van der Waals surface area contributed by atoms with E-state index in [-0.39, 0.29) is 127 Å². The Morgan fingerprint density at radius 1 is 0.419 bits per heavy atom. The van der Waals surface area contributed by atoms with Gasteiger partial charge >= 0.3 is 124 Å². The summed E-state index contributed by atoms with van der Waals surface area (Å²) in [4.78, 5) is 57.8. The van der Waals surface area contributed by atoms with Crippen LogP contribution in [0, 0.1) is 0 Å². The Labute approximate surface area is 242 Å². The van der Waals surface area contributed by atoms with Crippen LogP contribution in [0.15, 0.2) is 0 Å². The predicted molar refractivity (Wildman–Crippen MR) is 79.3 cm³/mol. The first-order valence-electron chi connectivity index (χ1n) is 6.89. The first-order valence-corrected chi connectivity index (χ1v) is 6.89. The van der Waals surface area contributed by atoms with E-state index in [1.54, 1.807) is 0 Å². The van der Waals surface area contributed by atoms with Crippen LogP contribution in [0.1, 0.15) is 38.5 Å². The molecule has 0 spiro atoms. The van der Waals surface area contributed by atoms with E-state index in [2.05, 4.69) is 0 Å². The molecule has 0 atom stereocenters. The third-order valence-corrected chi connectivity index (χ3v) is 1.66. The van der Waals surface area contributed by atoms with Crippen LogP contribution in [0.2, 0.25) is 0 Å². The van der Waals surface area contributed by atoms with Gasteiger partial charge in [-0.05, 0) is 0 Å². The summed E-state index contributed by atoms with van der Waals surface area (Å²) in [6, 6.07) is 0. The maximum atomic E-state index is 9.64. The molecule has 0 radical (unpaired) electrons. The number of rotatable bonds is 9. The standard InChI is InChI=1S/3C4H6O4.BO3.3Na/c3*5-3(6)1-2-4(7)8;2-1(3)4;;;/h3*1-2H2,(H,5,6)(H,7,8);;;;/q;;;-3;3*+1. The van der Waals surface area contributed by atoms with Crippen molar-refractivity contribution in [3.8, 4) is 0 Å². The Morgan fingerprint density at radius 3 is 0.516 bits per heavy atom. The van der Waals surface area contributed by atoms with Crippen molar-refractivity contribution in [2.75, 3.05) is 0 Å². The van der Waals surface area contributed by atoms with E-state index in [4.69, 9.17) is 45.7 Å². The zero-order valence-corrected chi connectivity index (χ0v) is 23.2. The van der Waals surface area contributed by atoms with E-state index in [9.17, 15) is 28.8 Å². The summed E-state index contributed by atoms with van der Waals surface area (Å²) in [7, 11) is -2.92. The van der Waals surface area contributed by atoms with Gasteiger partial charge in [0.05, 0.1) is 38.5 Å². The topological polar surface area (TPSA) is 293 Å². The van der Waals surface area contributed by atoms with Gasteiger partial charge in [0.2, 0.25) is 0 Å². The first-order chi connectivity index (χ1) is 12.6. The predicted octanol–water partition coefficient (Wildman–Crippen LogP) is -13.1. The number of hydrogen-bond donors (Lipinski definition) is 6. The van der Waals surface area contributed by atoms with E-state index in [0.29, 0.717) is 0 Å². The number of carboxylic acid groups (broad SMARTS) is 6. The van der Waals surface area contributed by atoms with Gasteiger partial charge in [-0.25, -0.2) is 0 Å². The van der Waals surface area contributed by atoms with Crippen LogP contribution in [-0.2, 0) is 28.8 Å². The Morgan fingerprint density at radius 2 is 0.484 bits per heavy atom. The zero-order chi connectivity index (χ0) is 23.3. The summed E-state index contributed by atoms with van der Waals surface area (Å²) in [5.74, 6) is -6.46. The molecule has 0 unspecified atom stereocenters. The van der Waals surface area contributed by atoms with Gasteiger partial charge in [-0.15, -0.1) is 0 Å². The van der Waals surface area contributed by atoms with E-state index in [0.717, 1.165) is 0 Å². The molecular weight excluding hydrogens is 464 g/mol. The molecular formula is C12H18BNa3O15. The molecule has 0 aromatic heterocycles. The van der Waals surface area contributed by atoms with Gasteiger partial charge in [0.1, 0.15) is 0 Å². The number of carbonyl (C=O) groups is 6. The van der Waals surface area contributed by atoms with Crippen molar-refractivity contribution in [2.45, 2.75) is 38.5 Å². The molecule has 31 heavy (non-hydrogen) atoms. The minimum atomic E-state index is -2.92. The average molecular weight is 482 g/mol. The first kappa shape index (κ1) is 48.3. The molecule has 0 aromatic rings. The van der Waals surface area contributed by atoms with Crippen LogP contribution in [0.3, 0.4) is 0 Å². The van der Waals surface area contributed by atoms with Gasteiger partial charge in [0.15, 0.2) is 0 Å². The molecule has 15 nitrogen and oxygen atoms in total. The van der Waals surface area contributed by atoms with Gasteiger partial charge in [0, 0.05) is 0 Å². The third-order valence-electron chi connectivity index (χ3n) is 1.66. The van der Waals surface area contributed by atoms with E-state index >= 15 is 0 Å². The molecule has 0 aliphatic rings. The summed E-state index contributed by atoms with van der Waals surface area (Å²) < 4.78 is 0. The molecule has 162 valence electrons. The maximum absolute atomic E-state index is 9.64.